The summed E-state index contributed by atoms with van der Waals surface area (Å²) in [7, 11) is 0. The summed E-state index contributed by atoms with van der Waals surface area (Å²) in [6.45, 7) is 4.94. The monoisotopic (exact) mass is 467 g/mol. The van der Waals surface area contributed by atoms with Crippen molar-refractivity contribution in [3.05, 3.63) is 53.7 Å². The molecule has 2 aromatic carbocycles. The Kier molecular flexibility index (Phi) is 5.18. The summed E-state index contributed by atoms with van der Waals surface area (Å²) in [6.07, 6.45) is -4.07. The van der Waals surface area contributed by atoms with E-state index in [1.165, 1.54) is 6.20 Å². The average molecular weight is 467 g/mol. The van der Waals surface area contributed by atoms with Gasteiger partial charge in [-0.25, -0.2) is 28.7 Å². The number of amides is 1. The zero-order valence-corrected chi connectivity index (χ0v) is 17.6. The zero-order chi connectivity index (χ0) is 24.1. The van der Waals surface area contributed by atoms with E-state index in [4.69, 9.17) is 4.74 Å². The van der Waals surface area contributed by atoms with Crippen LogP contribution in [0.3, 0.4) is 0 Å². The predicted octanol–water partition coefficient (Wildman–Crippen LogP) is 6.04. The van der Waals surface area contributed by atoms with Crippen LogP contribution < -0.4 is 10.7 Å². The van der Waals surface area contributed by atoms with E-state index in [-0.39, 0.29) is 33.6 Å². The molecule has 0 fully saturated rings. The van der Waals surface area contributed by atoms with Crippen molar-refractivity contribution in [2.75, 3.05) is 10.7 Å². The summed E-state index contributed by atoms with van der Waals surface area (Å²) in [6, 6.07) is 4.76. The molecule has 7 nitrogen and oxygen atoms in total. The number of anilines is 2. The third kappa shape index (κ3) is 4.54. The molecule has 4 aromatic rings. The van der Waals surface area contributed by atoms with Crippen LogP contribution in [0.4, 0.5) is 38.4 Å². The number of rotatable bonds is 3. The first-order valence-electron chi connectivity index (χ1n) is 9.65. The number of hydrogen-bond acceptors (Lipinski definition) is 4. The van der Waals surface area contributed by atoms with Crippen LogP contribution in [0.1, 0.15) is 26.3 Å². The van der Waals surface area contributed by atoms with Crippen LogP contribution in [0.5, 0.6) is 0 Å². The lowest BCUT2D eigenvalue weighted by molar-refractivity contribution is -0.137. The molecule has 0 saturated heterocycles. The quantitative estimate of drug-likeness (QED) is 0.321. The van der Waals surface area contributed by atoms with Crippen LogP contribution in [0.2, 0.25) is 0 Å². The number of ether oxygens (including phenoxy) is 1. The van der Waals surface area contributed by atoms with Crippen molar-refractivity contribution < 1.29 is 31.5 Å². The third-order valence-corrected chi connectivity index (χ3v) is 4.55. The van der Waals surface area contributed by atoms with E-state index in [0.717, 1.165) is 35.0 Å². The first kappa shape index (κ1) is 22.4. The van der Waals surface area contributed by atoms with Crippen molar-refractivity contribution in [3.8, 4) is 0 Å². The first-order chi connectivity index (χ1) is 15.3. The van der Waals surface area contributed by atoms with Gasteiger partial charge >= 0.3 is 12.3 Å². The average Bonchev–Trinajstić information content (AvgIpc) is 3.21. The van der Waals surface area contributed by atoms with E-state index in [2.05, 4.69) is 20.7 Å². The van der Waals surface area contributed by atoms with E-state index in [1.807, 2.05) is 0 Å². The van der Waals surface area contributed by atoms with Gasteiger partial charge < -0.3 is 15.0 Å². The number of aromatic nitrogens is 3. The molecule has 0 spiro atoms. The fourth-order valence-corrected chi connectivity index (χ4v) is 3.19. The van der Waals surface area contributed by atoms with Crippen LogP contribution in [0.15, 0.2) is 36.5 Å². The second-order valence-electron chi connectivity index (χ2n) is 8.23. The first-order valence-corrected chi connectivity index (χ1v) is 9.65. The Labute approximate surface area is 183 Å². The minimum Gasteiger partial charge on any atom is -0.443 e. The molecule has 0 saturated carbocycles. The zero-order valence-electron chi connectivity index (χ0n) is 17.6. The number of nitrogens with zero attached hydrogens (tertiary/aromatic N) is 2. The Bertz CT molecular complexity index is 1370. The van der Waals surface area contributed by atoms with Crippen LogP contribution >= 0.6 is 0 Å². The molecule has 2 aromatic heterocycles. The number of imidazole rings is 1. The van der Waals surface area contributed by atoms with Gasteiger partial charge in [0, 0.05) is 17.6 Å². The molecule has 1 amide bonds. The largest absolute Gasteiger partial charge is 0.443 e. The van der Waals surface area contributed by atoms with Crippen molar-refractivity contribution >= 4 is 39.7 Å². The molecule has 0 aliphatic carbocycles. The van der Waals surface area contributed by atoms with Gasteiger partial charge in [0.25, 0.3) is 0 Å². The standard InChI is InChI=1S/C21H18F5N5O2/c1-20(2,3)33-19(32)30-31-17-5-4-10(21(24,25)26)6-15(17)28-18(31)29-16-9-27-14-8-13(23)12(22)7-11(14)16/h4-9,27H,1-3H3,(H,28,29)(H,30,32). The summed E-state index contributed by atoms with van der Waals surface area (Å²) in [5, 5.41) is 3.10. The van der Waals surface area contributed by atoms with Crippen LogP contribution in [-0.4, -0.2) is 26.3 Å². The van der Waals surface area contributed by atoms with E-state index in [1.54, 1.807) is 20.8 Å². The van der Waals surface area contributed by atoms with Gasteiger partial charge in [0.15, 0.2) is 11.6 Å². The SMILES string of the molecule is CC(C)(C)OC(=O)Nn1c(Nc2c[nH]c3cc(F)c(F)cc23)nc2cc(C(F)(F)F)ccc21. The maximum Gasteiger partial charge on any atom is 0.427 e. The number of carbonyl (C=O) groups is 1. The fourth-order valence-electron chi connectivity index (χ4n) is 3.19. The van der Waals surface area contributed by atoms with Gasteiger partial charge in [0.05, 0.1) is 27.8 Å². The molecule has 12 heteroatoms. The second-order valence-corrected chi connectivity index (χ2v) is 8.23. The number of H-pyrrole nitrogens is 1. The number of fused-ring (bicyclic) bond motifs is 2. The number of hydrogen-bond donors (Lipinski definition) is 3. The fraction of sp³-hybridized carbons (Fsp3) is 0.238. The maximum absolute atomic E-state index is 13.8. The van der Waals surface area contributed by atoms with Crippen molar-refractivity contribution in [2.45, 2.75) is 32.5 Å². The Morgan fingerprint density at radius 3 is 2.45 bits per heavy atom. The molecule has 3 N–H and O–H groups in total. The molecule has 0 unspecified atom stereocenters. The van der Waals surface area contributed by atoms with Gasteiger partial charge in [-0.1, -0.05) is 0 Å². The summed E-state index contributed by atoms with van der Waals surface area (Å²) in [5.74, 6) is -2.21. The van der Waals surface area contributed by atoms with E-state index in [0.29, 0.717) is 0 Å². The molecule has 0 aliphatic rings. The van der Waals surface area contributed by atoms with Crippen molar-refractivity contribution in [2.24, 2.45) is 0 Å². The smallest absolute Gasteiger partial charge is 0.427 e. The van der Waals surface area contributed by atoms with E-state index >= 15 is 0 Å². The summed E-state index contributed by atoms with van der Waals surface area (Å²) >= 11 is 0. The molecule has 0 atom stereocenters. The van der Waals surface area contributed by atoms with E-state index < -0.39 is 35.1 Å². The lowest BCUT2D eigenvalue weighted by Crippen LogP contribution is -2.32. The normalized spacial score (nSPS) is 12.4. The highest BCUT2D eigenvalue weighted by Gasteiger charge is 2.31. The van der Waals surface area contributed by atoms with Gasteiger partial charge in [-0.15, -0.1) is 0 Å². The van der Waals surface area contributed by atoms with Crippen molar-refractivity contribution in [1.29, 1.82) is 0 Å². The highest BCUT2D eigenvalue weighted by atomic mass is 19.4. The van der Waals surface area contributed by atoms with Gasteiger partial charge in [-0.05, 0) is 45.0 Å². The molecule has 33 heavy (non-hydrogen) atoms. The predicted molar refractivity (Wildman–Crippen MR) is 112 cm³/mol. The van der Waals surface area contributed by atoms with Gasteiger partial charge in [-0.2, -0.15) is 13.2 Å². The molecular formula is C21H18F5N5O2. The highest BCUT2D eigenvalue weighted by Crippen LogP contribution is 2.33. The Hall–Kier alpha value is -3.83. The minimum atomic E-state index is -4.59. The summed E-state index contributed by atoms with van der Waals surface area (Å²) < 4.78 is 73.1. The van der Waals surface area contributed by atoms with Gasteiger partial charge in [0.1, 0.15) is 5.60 Å². The third-order valence-electron chi connectivity index (χ3n) is 4.55. The lowest BCUT2D eigenvalue weighted by atomic mass is 10.2. The molecule has 0 bridgehead atoms. The Morgan fingerprint density at radius 2 is 1.79 bits per heavy atom. The maximum atomic E-state index is 13.8. The lowest BCUT2D eigenvalue weighted by Gasteiger charge is -2.20. The highest BCUT2D eigenvalue weighted by molar-refractivity contribution is 5.95. The van der Waals surface area contributed by atoms with Crippen molar-refractivity contribution in [1.82, 2.24) is 14.6 Å². The molecule has 0 aliphatic heterocycles. The molecular weight excluding hydrogens is 449 g/mol. The number of halogens is 5. The van der Waals surface area contributed by atoms with Crippen LogP contribution in [0, 0.1) is 11.6 Å². The molecule has 4 rings (SSSR count). The second kappa shape index (κ2) is 7.64. The molecule has 174 valence electrons. The van der Waals surface area contributed by atoms with Crippen LogP contribution in [0.25, 0.3) is 21.9 Å². The van der Waals surface area contributed by atoms with Gasteiger partial charge in [-0.3, -0.25) is 0 Å². The molecule has 0 radical (unpaired) electrons. The number of alkyl halides is 3. The number of benzene rings is 2. The summed E-state index contributed by atoms with van der Waals surface area (Å²) in [4.78, 5) is 19.3. The Balaban J connectivity index is 1.80. The Morgan fingerprint density at radius 1 is 1.09 bits per heavy atom. The molecule has 2 heterocycles. The van der Waals surface area contributed by atoms with Crippen LogP contribution in [-0.2, 0) is 10.9 Å². The van der Waals surface area contributed by atoms with E-state index in [9.17, 15) is 26.7 Å². The number of nitrogens with one attached hydrogen (secondary N) is 3. The summed E-state index contributed by atoms with van der Waals surface area (Å²) in [5.41, 5.74) is 1.28. The topological polar surface area (TPSA) is 84.0 Å². The number of carbonyl (C=O) groups excluding carboxylic acids is 1. The minimum absolute atomic E-state index is 0.0690. The van der Waals surface area contributed by atoms with Gasteiger partial charge in [0.2, 0.25) is 5.95 Å². The van der Waals surface area contributed by atoms with Crippen molar-refractivity contribution in [3.63, 3.8) is 0 Å². The number of aromatic amines is 1.